The van der Waals surface area contributed by atoms with E-state index in [-0.39, 0.29) is 11.3 Å². The van der Waals surface area contributed by atoms with Crippen LogP contribution in [0.15, 0.2) is 12.1 Å². The van der Waals surface area contributed by atoms with E-state index in [2.05, 4.69) is 0 Å². The first-order chi connectivity index (χ1) is 9.51. The molecule has 0 aliphatic rings. The zero-order valence-corrected chi connectivity index (χ0v) is 12.1. The molecule has 0 fully saturated rings. The first-order valence-corrected chi connectivity index (χ1v) is 7.05. The quantitative estimate of drug-likeness (QED) is 0.778. The van der Waals surface area contributed by atoms with Crippen LogP contribution in [0.4, 0.5) is 14.5 Å². The molecule has 0 atom stereocenters. The molecule has 0 heterocycles. The maximum absolute atomic E-state index is 13.9. The summed E-state index contributed by atoms with van der Waals surface area (Å²) in [6.07, 6.45) is 3.54. The summed E-state index contributed by atoms with van der Waals surface area (Å²) in [6.45, 7) is 5.13. The second kappa shape index (κ2) is 7.82. The Morgan fingerprint density at radius 1 is 1.15 bits per heavy atom. The number of amides is 1. The zero-order chi connectivity index (χ0) is 15.1. The molecule has 0 spiro atoms. The van der Waals surface area contributed by atoms with E-state index in [1.54, 1.807) is 4.90 Å². The molecule has 1 aromatic carbocycles. The third-order valence-electron chi connectivity index (χ3n) is 3.15. The van der Waals surface area contributed by atoms with Gasteiger partial charge in [-0.15, -0.1) is 0 Å². The minimum absolute atomic E-state index is 0.283. The van der Waals surface area contributed by atoms with E-state index in [4.69, 9.17) is 5.73 Å². The molecular formula is C15H22F2N2O. The Balaban J connectivity index is 2.98. The van der Waals surface area contributed by atoms with E-state index in [0.29, 0.717) is 13.1 Å². The molecule has 0 unspecified atom stereocenters. The number of carbonyl (C=O) groups excluding carboxylic acids is 1. The lowest BCUT2D eigenvalue weighted by molar-refractivity contribution is 0.0746. The number of unbranched alkanes of at least 4 members (excludes halogenated alkanes) is 2. The lowest BCUT2D eigenvalue weighted by atomic mass is 10.1. The summed E-state index contributed by atoms with van der Waals surface area (Å²) in [6, 6.07) is 1.80. The van der Waals surface area contributed by atoms with Crippen LogP contribution >= 0.6 is 0 Å². The van der Waals surface area contributed by atoms with Gasteiger partial charge in [0.15, 0.2) is 5.82 Å². The molecule has 112 valence electrons. The van der Waals surface area contributed by atoms with Gasteiger partial charge in [-0.25, -0.2) is 8.78 Å². The van der Waals surface area contributed by atoms with Crippen molar-refractivity contribution in [3.8, 4) is 0 Å². The van der Waals surface area contributed by atoms with Crippen molar-refractivity contribution in [2.45, 2.75) is 39.5 Å². The average molecular weight is 284 g/mol. The van der Waals surface area contributed by atoms with Crippen LogP contribution in [0.25, 0.3) is 0 Å². The number of benzene rings is 1. The number of rotatable bonds is 7. The van der Waals surface area contributed by atoms with Crippen molar-refractivity contribution in [2.24, 2.45) is 0 Å². The van der Waals surface area contributed by atoms with Gasteiger partial charge in [-0.05, 0) is 25.0 Å². The number of nitrogens with two attached hydrogens (primary N) is 1. The Bertz CT molecular complexity index is 455. The van der Waals surface area contributed by atoms with Crippen LogP contribution in [0.2, 0.25) is 0 Å². The number of hydrogen-bond donors (Lipinski definition) is 1. The second-order valence-electron chi connectivity index (χ2n) is 4.86. The predicted octanol–water partition coefficient (Wildman–Crippen LogP) is 3.59. The molecule has 0 radical (unpaired) electrons. The molecule has 2 N–H and O–H groups in total. The fourth-order valence-electron chi connectivity index (χ4n) is 1.95. The smallest absolute Gasteiger partial charge is 0.257 e. The summed E-state index contributed by atoms with van der Waals surface area (Å²) in [5.74, 6) is -2.02. The van der Waals surface area contributed by atoms with E-state index >= 15 is 0 Å². The van der Waals surface area contributed by atoms with Gasteiger partial charge in [0.25, 0.3) is 5.91 Å². The third-order valence-corrected chi connectivity index (χ3v) is 3.15. The first kappa shape index (κ1) is 16.4. The minimum Gasteiger partial charge on any atom is -0.396 e. The monoisotopic (exact) mass is 284 g/mol. The molecule has 1 amide bonds. The number of halogens is 2. The van der Waals surface area contributed by atoms with Gasteiger partial charge in [-0.3, -0.25) is 4.79 Å². The van der Waals surface area contributed by atoms with Crippen molar-refractivity contribution >= 4 is 11.6 Å². The van der Waals surface area contributed by atoms with Crippen molar-refractivity contribution < 1.29 is 13.6 Å². The standard InChI is InChI=1S/C15H22F2N2O/c1-3-5-7-19(8-6-4-2)15(20)12-9-11(16)10-13(18)14(12)17/h9-10H,3-8,18H2,1-2H3. The van der Waals surface area contributed by atoms with Crippen molar-refractivity contribution in [3.05, 3.63) is 29.3 Å². The van der Waals surface area contributed by atoms with Gasteiger partial charge in [0.05, 0.1) is 11.3 Å². The molecule has 3 nitrogen and oxygen atoms in total. The minimum atomic E-state index is -0.839. The van der Waals surface area contributed by atoms with Crippen LogP contribution < -0.4 is 5.73 Å². The summed E-state index contributed by atoms with van der Waals surface area (Å²) in [7, 11) is 0. The Morgan fingerprint density at radius 3 is 2.20 bits per heavy atom. The molecule has 0 aliphatic heterocycles. The third kappa shape index (κ3) is 4.18. The van der Waals surface area contributed by atoms with Crippen molar-refractivity contribution in [1.29, 1.82) is 0 Å². The highest BCUT2D eigenvalue weighted by atomic mass is 19.1. The van der Waals surface area contributed by atoms with Gasteiger partial charge in [-0.2, -0.15) is 0 Å². The highest BCUT2D eigenvalue weighted by Crippen LogP contribution is 2.19. The van der Waals surface area contributed by atoms with Gasteiger partial charge in [0.1, 0.15) is 5.82 Å². The first-order valence-electron chi connectivity index (χ1n) is 7.05. The molecule has 0 bridgehead atoms. The number of carbonyl (C=O) groups is 1. The van der Waals surface area contributed by atoms with E-state index < -0.39 is 17.5 Å². The molecule has 0 saturated heterocycles. The van der Waals surface area contributed by atoms with E-state index in [9.17, 15) is 13.6 Å². The van der Waals surface area contributed by atoms with Gasteiger partial charge >= 0.3 is 0 Å². The molecule has 5 heteroatoms. The Hall–Kier alpha value is -1.65. The topological polar surface area (TPSA) is 46.3 Å². The van der Waals surface area contributed by atoms with Crippen molar-refractivity contribution in [2.75, 3.05) is 18.8 Å². The number of anilines is 1. The molecule has 20 heavy (non-hydrogen) atoms. The predicted molar refractivity (Wildman–Crippen MR) is 76.5 cm³/mol. The van der Waals surface area contributed by atoms with Gasteiger partial charge < -0.3 is 10.6 Å². The molecule has 0 aromatic heterocycles. The number of hydrogen-bond acceptors (Lipinski definition) is 2. The normalized spacial score (nSPS) is 10.6. The number of nitrogens with zero attached hydrogens (tertiary/aromatic N) is 1. The van der Waals surface area contributed by atoms with Gasteiger partial charge in [0.2, 0.25) is 0 Å². The molecular weight excluding hydrogens is 262 g/mol. The van der Waals surface area contributed by atoms with Crippen LogP contribution in [0.3, 0.4) is 0 Å². The van der Waals surface area contributed by atoms with Crippen molar-refractivity contribution in [1.82, 2.24) is 4.90 Å². The van der Waals surface area contributed by atoms with Crippen LogP contribution in [0.1, 0.15) is 49.9 Å². The molecule has 1 rings (SSSR count). The Morgan fingerprint density at radius 2 is 1.70 bits per heavy atom. The lowest BCUT2D eigenvalue weighted by Gasteiger charge is -2.23. The summed E-state index contributed by atoms with van der Waals surface area (Å²) in [5, 5.41) is 0. The summed E-state index contributed by atoms with van der Waals surface area (Å²) >= 11 is 0. The SMILES string of the molecule is CCCCN(CCCC)C(=O)c1cc(F)cc(N)c1F. The maximum Gasteiger partial charge on any atom is 0.257 e. The molecule has 0 aliphatic carbocycles. The Kier molecular flexibility index (Phi) is 6.42. The number of nitrogen functional groups attached to an aromatic ring is 1. The molecule has 1 aromatic rings. The lowest BCUT2D eigenvalue weighted by Crippen LogP contribution is -2.33. The summed E-state index contributed by atoms with van der Waals surface area (Å²) in [4.78, 5) is 13.9. The van der Waals surface area contributed by atoms with Crippen LogP contribution in [0.5, 0.6) is 0 Å². The van der Waals surface area contributed by atoms with Crippen LogP contribution in [-0.4, -0.2) is 23.9 Å². The molecule has 0 saturated carbocycles. The maximum atomic E-state index is 13.9. The van der Waals surface area contributed by atoms with Gasteiger partial charge in [-0.1, -0.05) is 26.7 Å². The summed E-state index contributed by atoms with van der Waals surface area (Å²) in [5.41, 5.74) is 4.76. The fraction of sp³-hybridized carbons (Fsp3) is 0.533. The van der Waals surface area contributed by atoms with E-state index in [0.717, 1.165) is 37.8 Å². The summed E-state index contributed by atoms with van der Waals surface area (Å²) < 4.78 is 27.2. The van der Waals surface area contributed by atoms with Crippen molar-refractivity contribution in [3.63, 3.8) is 0 Å². The van der Waals surface area contributed by atoms with E-state index in [1.807, 2.05) is 13.8 Å². The highest BCUT2D eigenvalue weighted by Gasteiger charge is 2.21. The Labute approximate surface area is 118 Å². The van der Waals surface area contributed by atoms with Gasteiger partial charge in [0, 0.05) is 13.1 Å². The highest BCUT2D eigenvalue weighted by molar-refractivity contribution is 5.95. The van der Waals surface area contributed by atoms with Crippen LogP contribution in [-0.2, 0) is 0 Å². The average Bonchev–Trinajstić information content (AvgIpc) is 2.42. The zero-order valence-electron chi connectivity index (χ0n) is 12.1. The second-order valence-corrected chi connectivity index (χ2v) is 4.86. The van der Waals surface area contributed by atoms with Crippen LogP contribution in [0, 0.1) is 11.6 Å². The fourth-order valence-corrected chi connectivity index (χ4v) is 1.95. The van der Waals surface area contributed by atoms with E-state index in [1.165, 1.54) is 0 Å². The largest absolute Gasteiger partial charge is 0.396 e.